The molecule has 0 aliphatic carbocycles. The van der Waals surface area contributed by atoms with Gasteiger partial charge in [0.2, 0.25) is 5.91 Å². The van der Waals surface area contributed by atoms with Crippen LogP contribution in [-0.4, -0.2) is 27.9 Å². The molecule has 0 aromatic carbocycles. The van der Waals surface area contributed by atoms with E-state index < -0.39 is 0 Å². The van der Waals surface area contributed by atoms with Crippen LogP contribution in [0.2, 0.25) is 0 Å². The van der Waals surface area contributed by atoms with Gasteiger partial charge >= 0.3 is 0 Å². The molecule has 2 atom stereocenters. The molecule has 2 rings (SSSR count). The van der Waals surface area contributed by atoms with Crippen molar-refractivity contribution in [3.63, 3.8) is 0 Å². The average Bonchev–Trinajstić information content (AvgIpc) is 2.54. The number of nitrogens with two attached hydrogens (primary N) is 1. The lowest BCUT2D eigenvalue weighted by molar-refractivity contribution is -0.130. The van der Waals surface area contributed by atoms with E-state index in [0.29, 0.717) is 6.42 Å². The number of pyridine rings is 1. The lowest BCUT2D eigenvalue weighted by atomic mass is 9.98. The summed E-state index contributed by atoms with van der Waals surface area (Å²) in [6, 6.07) is 1.97. The van der Waals surface area contributed by atoms with Crippen LogP contribution in [0.4, 0.5) is 0 Å². The first-order valence-corrected chi connectivity index (χ1v) is 5.99. The minimum Gasteiger partial charge on any atom is -0.332 e. The molecule has 1 fully saturated rings. The number of nitrogens with zero attached hydrogens (tertiary/aromatic N) is 2. The van der Waals surface area contributed by atoms with Crippen molar-refractivity contribution in [2.75, 3.05) is 0 Å². The first kappa shape index (κ1) is 12.0. The highest BCUT2D eigenvalue weighted by Crippen LogP contribution is 2.34. The van der Waals surface area contributed by atoms with E-state index >= 15 is 0 Å². The fraction of sp³-hybridized carbons (Fsp3) is 0.538. The lowest BCUT2D eigenvalue weighted by Crippen LogP contribution is -2.38. The highest BCUT2D eigenvalue weighted by atomic mass is 16.2. The summed E-state index contributed by atoms with van der Waals surface area (Å²) < 4.78 is 0. The smallest absolute Gasteiger partial charge is 0.225 e. The zero-order chi connectivity index (χ0) is 12.6. The second kappa shape index (κ2) is 4.45. The molecule has 4 heteroatoms. The SMILES string of the molecule is Cc1ccncc1C1C(N)CC(=O)N1C(C)C. The predicted molar refractivity (Wildman–Crippen MR) is 66.3 cm³/mol. The number of rotatable bonds is 2. The molecular formula is C13H19N3O. The van der Waals surface area contributed by atoms with Gasteiger partial charge in [0.25, 0.3) is 0 Å². The molecule has 0 radical (unpaired) electrons. The number of hydrogen-bond acceptors (Lipinski definition) is 3. The third-order valence-electron chi connectivity index (χ3n) is 3.36. The summed E-state index contributed by atoms with van der Waals surface area (Å²) in [7, 11) is 0. The Morgan fingerprint density at radius 1 is 1.53 bits per heavy atom. The first-order valence-electron chi connectivity index (χ1n) is 5.99. The molecule has 2 heterocycles. The fourth-order valence-corrected chi connectivity index (χ4v) is 2.56. The van der Waals surface area contributed by atoms with Gasteiger partial charge in [0.1, 0.15) is 0 Å². The standard InChI is InChI=1S/C13H19N3O/c1-8(2)16-12(17)6-11(14)13(16)10-7-15-5-4-9(10)3/h4-5,7-8,11,13H,6,14H2,1-3H3. The van der Waals surface area contributed by atoms with Crippen molar-refractivity contribution in [2.45, 2.75) is 45.3 Å². The molecule has 2 N–H and O–H groups in total. The van der Waals surface area contributed by atoms with Gasteiger partial charge in [0.15, 0.2) is 0 Å². The number of aryl methyl sites for hydroxylation is 1. The van der Waals surface area contributed by atoms with Crippen LogP contribution in [0.15, 0.2) is 18.5 Å². The van der Waals surface area contributed by atoms with Crippen molar-refractivity contribution in [2.24, 2.45) is 5.73 Å². The Bertz CT molecular complexity index is 430. The second-order valence-corrected chi connectivity index (χ2v) is 4.94. The summed E-state index contributed by atoms with van der Waals surface area (Å²) in [4.78, 5) is 18.0. The minimum atomic E-state index is -0.132. The summed E-state index contributed by atoms with van der Waals surface area (Å²) in [6.07, 6.45) is 4.02. The minimum absolute atomic E-state index is 0.0313. The Hall–Kier alpha value is -1.42. The maximum absolute atomic E-state index is 11.9. The van der Waals surface area contributed by atoms with E-state index in [1.807, 2.05) is 37.9 Å². The monoisotopic (exact) mass is 233 g/mol. The van der Waals surface area contributed by atoms with Crippen molar-refractivity contribution >= 4 is 5.91 Å². The van der Waals surface area contributed by atoms with Crippen LogP contribution in [0, 0.1) is 6.92 Å². The number of hydrogen-bond donors (Lipinski definition) is 1. The van der Waals surface area contributed by atoms with E-state index in [9.17, 15) is 4.79 Å². The van der Waals surface area contributed by atoms with Gasteiger partial charge in [0.05, 0.1) is 6.04 Å². The molecule has 1 saturated heterocycles. The molecular weight excluding hydrogens is 214 g/mol. The van der Waals surface area contributed by atoms with E-state index in [4.69, 9.17) is 5.73 Å². The van der Waals surface area contributed by atoms with Crippen LogP contribution in [0.5, 0.6) is 0 Å². The number of likely N-dealkylation sites (tertiary alicyclic amines) is 1. The molecule has 0 bridgehead atoms. The number of carbonyl (C=O) groups is 1. The largest absolute Gasteiger partial charge is 0.332 e. The number of amides is 1. The van der Waals surface area contributed by atoms with Crippen molar-refractivity contribution in [1.29, 1.82) is 0 Å². The van der Waals surface area contributed by atoms with Crippen LogP contribution < -0.4 is 5.73 Å². The third kappa shape index (κ3) is 2.05. The Kier molecular flexibility index (Phi) is 3.15. The van der Waals surface area contributed by atoms with Gasteiger partial charge in [-0.15, -0.1) is 0 Å². The maximum atomic E-state index is 11.9. The summed E-state index contributed by atoms with van der Waals surface area (Å²) in [6.45, 7) is 6.08. The van der Waals surface area contributed by atoms with E-state index in [-0.39, 0.29) is 24.0 Å². The predicted octanol–water partition coefficient (Wildman–Crippen LogP) is 1.40. The molecule has 4 nitrogen and oxygen atoms in total. The summed E-state index contributed by atoms with van der Waals surface area (Å²) in [5.74, 6) is 0.140. The summed E-state index contributed by atoms with van der Waals surface area (Å²) >= 11 is 0. The molecule has 1 aromatic heterocycles. The molecule has 0 spiro atoms. The van der Waals surface area contributed by atoms with Crippen LogP contribution in [0.3, 0.4) is 0 Å². The molecule has 0 saturated carbocycles. The van der Waals surface area contributed by atoms with Gasteiger partial charge in [-0.1, -0.05) is 0 Å². The summed E-state index contributed by atoms with van der Waals surface area (Å²) in [5, 5.41) is 0. The van der Waals surface area contributed by atoms with Gasteiger partial charge in [0, 0.05) is 30.9 Å². The lowest BCUT2D eigenvalue weighted by Gasteiger charge is -2.31. The molecule has 1 aromatic rings. The Morgan fingerprint density at radius 2 is 2.24 bits per heavy atom. The zero-order valence-electron chi connectivity index (χ0n) is 10.6. The third-order valence-corrected chi connectivity index (χ3v) is 3.36. The molecule has 92 valence electrons. The van der Waals surface area contributed by atoms with E-state index in [0.717, 1.165) is 11.1 Å². The molecule has 1 amide bonds. The average molecular weight is 233 g/mol. The van der Waals surface area contributed by atoms with E-state index in [1.165, 1.54) is 0 Å². The Balaban J connectivity index is 2.42. The number of carbonyl (C=O) groups excluding carboxylic acids is 1. The van der Waals surface area contributed by atoms with Crippen molar-refractivity contribution in [3.05, 3.63) is 29.6 Å². The topological polar surface area (TPSA) is 59.2 Å². The first-order chi connectivity index (χ1) is 8.02. The highest BCUT2D eigenvalue weighted by molar-refractivity contribution is 5.80. The molecule has 1 aliphatic rings. The van der Waals surface area contributed by atoms with E-state index in [1.54, 1.807) is 6.20 Å². The van der Waals surface area contributed by atoms with Crippen molar-refractivity contribution in [3.8, 4) is 0 Å². The van der Waals surface area contributed by atoms with Crippen molar-refractivity contribution < 1.29 is 4.79 Å². The Morgan fingerprint density at radius 3 is 2.82 bits per heavy atom. The van der Waals surface area contributed by atoms with Gasteiger partial charge in [-0.25, -0.2) is 0 Å². The van der Waals surface area contributed by atoms with Gasteiger partial charge in [-0.05, 0) is 38.0 Å². The normalized spacial score (nSPS) is 24.8. The Labute approximate surface area is 102 Å². The number of aromatic nitrogens is 1. The molecule has 2 unspecified atom stereocenters. The van der Waals surface area contributed by atoms with Crippen LogP contribution in [0.25, 0.3) is 0 Å². The summed E-state index contributed by atoms with van der Waals surface area (Å²) in [5.41, 5.74) is 8.32. The van der Waals surface area contributed by atoms with Crippen LogP contribution in [-0.2, 0) is 4.79 Å². The quantitative estimate of drug-likeness (QED) is 0.840. The van der Waals surface area contributed by atoms with Gasteiger partial charge in [-0.2, -0.15) is 0 Å². The fourth-order valence-electron chi connectivity index (χ4n) is 2.56. The zero-order valence-corrected chi connectivity index (χ0v) is 10.6. The van der Waals surface area contributed by atoms with Crippen molar-refractivity contribution in [1.82, 2.24) is 9.88 Å². The van der Waals surface area contributed by atoms with Crippen LogP contribution in [0.1, 0.15) is 37.4 Å². The maximum Gasteiger partial charge on any atom is 0.225 e. The van der Waals surface area contributed by atoms with Gasteiger partial charge < -0.3 is 10.6 Å². The molecule has 1 aliphatic heterocycles. The second-order valence-electron chi connectivity index (χ2n) is 4.94. The van der Waals surface area contributed by atoms with Gasteiger partial charge in [-0.3, -0.25) is 9.78 Å². The van der Waals surface area contributed by atoms with E-state index in [2.05, 4.69) is 4.98 Å². The highest BCUT2D eigenvalue weighted by Gasteiger charge is 2.40. The van der Waals surface area contributed by atoms with Crippen LogP contribution >= 0.6 is 0 Å². The molecule has 17 heavy (non-hydrogen) atoms.